The average Bonchev–Trinajstić information content (AvgIpc) is 1.69. The van der Waals surface area contributed by atoms with E-state index in [9.17, 15) is 53.1 Å². The van der Waals surface area contributed by atoms with Gasteiger partial charge in [0.05, 0.1) is 61.9 Å². The number of azide groups is 1. The lowest BCUT2D eigenvalue weighted by Gasteiger charge is -2.41. The van der Waals surface area contributed by atoms with Gasteiger partial charge in [-0.1, -0.05) is 175 Å². The largest absolute Gasteiger partial charge is 0.469 e. The molecule has 8 N–H and O–H groups in total. The van der Waals surface area contributed by atoms with E-state index in [-0.39, 0.29) is 63.0 Å². The van der Waals surface area contributed by atoms with Crippen LogP contribution in [0, 0.1) is 23.7 Å². The summed E-state index contributed by atoms with van der Waals surface area (Å²) in [5.74, 6) is -7.75. The predicted molar refractivity (Wildman–Crippen MR) is 383 cm³/mol. The molecule has 0 bridgehead atoms. The van der Waals surface area contributed by atoms with Crippen molar-refractivity contribution in [2.24, 2.45) is 34.5 Å². The second-order valence-electron chi connectivity index (χ2n) is 26.8. The molecule has 0 aliphatic carbocycles. The van der Waals surface area contributed by atoms with E-state index in [0.29, 0.717) is 53.6 Å². The van der Waals surface area contributed by atoms with E-state index in [2.05, 4.69) is 36.6 Å². The van der Waals surface area contributed by atoms with Crippen LogP contribution in [-0.2, 0) is 75.1 Å². The van der Waals surface area contributed by atoms with E-state index in [1.165, 1.54) is 33.3 Å². The number of hydrogen-bond donors (Lipinski definition) is 7. The number of amides is 8. The van der Waals surface area contributed by atoms with Gasteiger partial charge in [-0.3, -0.25) is 48.1 Å². The Hall–Kier alpha value is -9.27. The second-order valence-corrected chi connectivity index (χ2v) is 26.8. The van der Waals surface area contributed by atoms with Crippen molar-refractivity contribution in [1.29, 1.82) is 0 Å². The number of ketones is 1. The average molecular weight is 1420 g/mol. The standard InChI is InChI=1S/C75H106N12O15/c1-14-47(6)67(59(99-11)42-61(90)87-40-24-31-57(87)69(101-13)48(7)70(93)79-49(8)68(92)54-29-22-17-23-30-54)85(9)74(97)64(45(2)3)82-73(96)66(46(4)5)86(10)75(98)102-44-51-34-32-50(33-35-51)41-58(88)55(38-39-76)81-72(95)65(63(52-25-18-15-19-26-52)53-27-20-16-21-28-53)83-71(94)56(36-37-62(91)100-12)80-60(89)43-78-84-77/h15-23,25-30,32-35,45-49,55-57,59,63-69,92H,14,24,31,36-44,76H2,1-13H3,(H,79,93)(H,80,89)(H,81,95)(H,82,96)(H,83,94)/t47-,48+,49+,55-,56-,57-,59+,64-,65-,66-,67-,68+,69+/m0/s1. The third-order valence-electron chi connectivity index (χ3n) is 19.0. The van der Waals surface area contributed by atoms with Crippen LogP contribution in [0.3, 0.4) is 0 Å². The predicted octanol–water partition coefficient (Wildman–Crippen LogP) is 6.59. The van der Waals surface area contributed by atoms with Crippen molar-refractivity contribution in [3.63, 3.8) is 0 Å². The van der Waals surface area contributed by atoms with Crippen LogP contribution in [0.5, 0.6) is 0 Å². The number of ether oxygens (including phenoxy) is 4. The number of carbonyl (C=O) groups excluding carboxylic acids is 10. The highest BCUT2D eigenvalue weighted by Gasteiger charge is 2.45. The highest BCUT2D eigenvalue weighted by atomic mass is 16.6. The van der Waals surface area contributed by atoms with Crippen LogP contribution in [0.15, 0.2) is 120 Å². The first kappa shape index (κ1) is 83.4. The third kappa shape index (κ3) is 23.7. The Kier molecular flexibility index (Phi) is 34.0. The van der Waals surface area contributed by atoms with Gasteiger partial charge in [-0.25, -0.2) is 4.79 Å². The van der Waals surface area contributed by atoms with Gasteiger partial charge in [-0.15, -0.1) is 0 Å². The molecule has 4 aromatic rings. The number of nitrogens with zero attached hydrogens (tertiary/aromatic N) is 6. The summed E-state index contributed by atoms with van der Waals surface area (Å²) in [6, 6.07) is 25.6. The van der Waals surface area contributed by atoms with Crippen LogP contribution in [0.25, 0.3) is 10.4 Å². The minimum Gasteiger partial charge on any atom is -0.469 e. The number of aliphatic hydroxyl groups excluding tert-OH is 1. The van der Waals surface area contributed by atoms with Crippen molar-refractivity contribution in [2.75, 3.05) is 55.1 Å². The molecule has 102 heavy (non-hydrogen) atoms. The Balaban J connectivity index is 1.25. The summed E-state index contributed by atoms with van der Waals surface area (Å²) in [5.41, 5.74) is 17.9. The maximum Gasteiger partial charge on any atom is 0.410 e. The first-order valence-electron chi connectivity index (χ1n) is 34.9. The second kappa shape index (κ2) is 41.6. The molecule has 27 nitrogen and oxygen atoms in total. The molecule has 1 aliphatic rings. The van der Waals surface area contributed by atoms with Crippen LogP contribution < -0.4 is 32.3 Å². The summed E-state index contributed by atoms with van der Waals surface area (Å²) in [7, 11) is 7.25. The Morgan fingerprint density at radius 2 is 1.25 bits per heavy atom. The summed E-state index contributed by atoms with van der Waals surface area (Å²) in [5, 5.41) is 28.3. The minimum absolute atomic E-state index is 0.0103. The number of methoxy groups -OCH3 is 3. The molecule has 1 saturated heterocycles. The fraction of sp³-hybridized carbons (Fsp3) is 0.547. The molecule has 4 aromatic carbocycles. The van der Waals surface area contributed by atoms with Crippen molar-refractivity contribution in [3.05, 3.63) is 154 Å². The Bertz CT molecular complexity index is 3400. The molecule has 13 atom stereocenters. The number of nitrogens with two attached hydrogens (primary N) is 1. The lowest BCUT2D eigenvalue weighted by atomic mass is 9.84. The fourth-order valence-electron chi connectivity index (χ4n) is 13.2. The molecule has 27 heteroatoms. The molecule has 1 heterocycles. The van der Waals surface area contributed by atoms with Crippen molar-refractivity contribution in [2.45, 2.75) is 186 Å². The maximum atomic E-state index is 14.9. The molecule has 5 rings (SSSR count). The monoisotopic (exact) mass is 1410 g/mol. The molecule has 0 radical (unpaired) electrons. The van der Waals surface area contributed by atoms with Crippen LogP contribution in [0.1, 0.15) is 140 Å². The van der Waals surface area contributed by atoms with Gasteiger partial charge in [0.25, 0.3) is 0 Å². The van der Waals surface area contributed by atoms with E-state index >= 15 is 0 Å². The van der Waals surface area contributed by atoms with Gasteiger partial charge < -0.3 is 66.2 Å². The first-order chi connectivity index (χ1) is 48.7. The molecule has 8 amide bonds. The van der Waals surface area contributed by atoms with E-state index in [1.54, 1.807) is 155 Å². The summed E-state index contributed by atoms with van der Waals surface area (Å²) >= 11 is 0. The number of benzene rings is 4. The number of Topliss-reactive ketones (excluding diaryl/α,β-unsaturated/α-hetero) is 1. The highest BCUT2D eigenvalue weighted by Crippen LogP contribution is 2.32. The Labute approximate surface area is 599 Å². The van der Waals surface area contributed by atoms with Gasteiger partial charge in [0, 0.05) is 58.5 Å². The number of likely N-dealkylation sites (tertiary alicyclic amines) is 1. The van der Waals surface area contributed by atoms with E-state index in [4.69, 9.17) is 30.2 Å². The number of esters is 1. The molecule has 0 aromatic heterocycles. The third-order valence-corrected chi connectivity index (χ3v) is 19.0. The molecule has 1 fully saturated rings. The summed E-state index contributed by atoms with van der Waals surface area (Å²) < 4.78 is 22.6. The topological polar surface area (TPSA) is 372 Å². The van der Waals surface area contributed by atoms with Crippen LogP contribution >= 0.6 is 0 Å². The van der Waals surface area contributed by atoms with E-state index in [1.807, 2.05) is 32.0 Å². The molecular weight excluding hydrogens is 1310 g/mol. The zero-order chi connectivity index (χ0) is 75.3. The molecule has 556 valence electrons. The Morgan fingerprint density at radius 3 is 1.78 bits per heavy atom. The van der Waals surface area contributed by atoms with Crippen molar-refractivity contribution < 1.29 is 72.0 Å². The number of likely N-dealkylation sites (N-methyl/N-ethyl adjacent to an activating group) is 2. The summed E-state index contributed by atoms with van der Waals surface area (Å²) in [6.07, 6.45) is -2.17. The van der Waals surface area contributed by atoms with E-state index < -0.39 is 144 Å². The number of hydrogen-bond acceptors (Lipinski definition) is 17. The lowest BCUT2D eigenvalue weighted by molar-refractivity contribution is -0.148. The number of carbonyl (C=O) groups is 10. The van der Waals surface area contributed by atoms with Gasteiger partial charge in [0.2, 0.25) is 41.4 Å². The highest BCUT2D eigenvalue weighted by molar-refractivity contribution is 5.96. The van der Waals surface area contributed by atoms with Crippen LogP contribution in [-0.4, -0.2) is 195 Å². The molecule has 1 aliphatic heterocycles. The molecular formula is C75H106N12O15. The van der Waals surface area contributed by atoms with Gasteiger partial charge in [0.1, 0.15) is 37.3 Å². The smallest absolute Gasteiger partial charge is 0.410 e. The van der Waals surface area contributed by atoms with Crippen LogP contribution in [0.2, 0.25) is 0 Å². The summed E-state index contributed by atoms with van der Waals surface area (Å²) in [6.45, 7) is 14.1. The fourth-order valence-corrected chi connectivity index (χ4v) is 13.2. The molecule has 0 spiro atoms. The SMILES string of the molecule is CC[C@H](C)[C@@H]([C@@H](CC(=O)N1CCC[C@H]1[C@H](OC)[C@@H](C)C(=O)N[C@H](C)[C@@H](O)c1ccccc1)OC)N(C)C(=O)[C@@H](NC(=O)[C@H](C(C)C)N(C)C(=O)OCc1ccc(CC(=O)[C@H](CCN)NC(=O)[C@@H](NC(=O)[C@H](CCC(=O)OC)NC(=O)CN=[N+]=[N-])C(c2ccccc2)c2ccccc2)cc1)C(C)C. The number of aliphatic hydroxyl groups is 1. The van der Waals surface area contributed by atoms with Gasteiger partial charge in [-0.2, -0.15) is 0 Å². The molecule has 0 unspecified atom stereocenters. The van der Waals surface area contributed by atoms with E-state index in [0.717, 1.165) is 0 Å². The quantitative estimate of drug-likeness (QED) is 0.0107. The van der Waals surface area contributed by atoms with Crippen molar-refractivity contribution >= 4 is 59.2 Å². The first-order valence-corrected chi connectivity index (χ1v) is 34.9. The van der Waals surface area contributed by atoms with Gasteiger partial charge in [0.15, 0.2) is 5.78 Å². The number of nitrogens with one attached hydrogen (secondary N) is 5. The maximum absolute atomic E-state index is 14.9. The Morgan fingerprint density at radius 1 is 0.676 bits per heavy atom. The molecule has 0 saturated carbocycles. The van der Waals surface area contributed by atoms with Gasteiger partial charge in [-0.05, 0) is 90.3 Å². The van der Waals surface area contributed by atoms with Crippen LogP contribution in [0.4, 0.5) is 4.79 Å². The van der Waals surface area contributed by atoms with Crippen molar-refractivity contribution in [3.8, 4) is 0 Å². The minimum atomic E-state index is -1.43. The van der Waals surface area contributed by atoms with Crippen molar-refractivity contribution in [1.82, 2.24) is 41.3 Å². The normalized spacial score (nSPS) is 16.4. The number of rotatable bonds is 40. The zero-order valence-electron chi connectivity index (χ0n) is 61.1. The summed E-state index contributed by atoms with van der Waals surface area (Å²) in [4.78, 5) is 147. The lowest BCUT2D eigenvalue weighted by Crippen LogP contribution is -2.60. The zero-order valence-corrected chi connectivity index (χ0v) is 61.1. The van der Waals surface area contributed by atoms with Gasteiger partial charge >= 0.3 is 12.1 Å².